The first-order valence-corrected chi connectivity index (χ1v) is 7.73. The van der Waals surface area contributed by atoms with E-state index in [0.29, 0.717) is 12.5 Å². The Labute approximate surface area is 127 Å². The van der Waals surface area contributed by atoms with Crippen LogP contribution in [0.25, 0.3) is 0 Å². The number of ether oxygens (including phenoxy) is 1. The predicted octanol–water partition coefficient (Wildman–Crippen LogP) is 2.38. The maximum absolute atomic E-state index is 12.6. The smallest absolute Gasteiger partial charge is 0.254 e. The summed E-state index contributed by atoms with van der Waals surface area (Å²) in [5, 5.41) is 3.27. The molecule has 0 aromatic heterocycles. The van der Waals surface area contributed by atoms with Gasteiger partial charge in [0.25, 0.3) is 5.91 Å². The van der Waals surface area contributed by atoms with Crippen molar-refractivity contribution in [2.45, 2.75) is 27.7 Å². The summed E-state index contributed by atoms with van der Waals surface area (Å²) >= 11 is 0. The Balaban J connectivity index is 2.16. The van der Waals surface area contributed by atoms with E-state index < -0.39 is 0 Å². The summed E-state index contributed by atoms with van der Waals surface area (Å²) < 4.78 is 5.82. The Morgan fingerprint density at radius 1 is 1.24 bits per heavy atom. The summed E-state index contributed by atoms with van der Waals surface area (Å²) in [5.74, 6) is 1.51. The van der Waals surface area contributed by atoms with Gasteiger partial charge in [0.05, 0.1) is 6.61 Å². The summed E-state index contributed by atoms with van der Waals surface area (Å²) in [6.07, 6.45) is 0. The molecular weight excluding hydrogens is 264 g/mol. The first-order chi connectivity index (χ1) is 9.99. The van der Waals surface area contributed by atoms with E-state index in [1.807, 2.05) is 30.9 Å². The van der Waals surface area contributed by atoms with Gasteiger partial charge >= 0.3 is 0 Å². The minimum Gasteiger partial charge on any atom is -0.493 e. The van der Waals surface area contributed by atoms with E-state index in [4.69, 9.17) is 4.74 Å². The molecular formula is C17H26N2O2. The van der Waals surface area contributed by atoms with Crippen molar-refractivity contribution < 1.29 is 9.53 Å². The van der Waals surface area contributed by atoms with E-state index in [1.54, 1.807) is 0 Å². The zero-order valence-electron chi connectivity index (χ0n) is 13.5. The van der Waals surface area contributed by atoms with Crippen molar-refractivity contribution in [3.63, 3.8) is 0 Å². The Morgan fingerprint density at radius 3 is 2.52 bits per heavy atom. The summed E-state index contributed by atoms with van der Waals surface area (Å²) in [6, 6.07) is 3.96. The molecule has 1 aromatic carbocycles. The molecule has 0 bridgehead atoms. The van der Waals surface area contributed by atoms with Gasteiger partial charge in [0.15, 0.2) is 0 Å². The molecule has 0 aliphatic carbocycles. The molecule has 116 valence electrons. The van der Waals surface area contributed by atoms with Crippen LogP contribution in [0.15, 0.2) is 12.1 Å². The first kappa shape index (κ1) is 15.8. The van der Waals surface area contributed by atoms with Gasteiger partial charge in [-0.1, -0.05) is 13.8 Å². The maximum Gasteiger partial charge on any atom is 0.254 e. The molecule has 1 aromatic rings. The monoisotopic (exact) mass is 290 g/mol. The number of rotatable bonds is 4. The highest BCUT2D eigenvalue weighted by atomic mass is 16.5. The number of nitrogens with one attached hydrogen (secondary N) is 1. The molecule has 0 radical (unpaired) electrons. The molecule has 0 atom stereocenters. The van der Waals surface area contributed by atoms with Crippen LogP contribution in [0, 0.1) is 19.8 Å². The summed E-state index contributed by atoms with van der Waals surface area (Å²) in [5.41, 5.74) is 2.81. The lowest BCUT2D eigenvalue weighted by molar-refractivity contribution is 0.0735. The van der Waals surface area contributed by atoms with Crippen LogP contribution in [0.1, 0.15) is 35.3 Å². The molecule has 1 aliphatic rings. The summed E-state index contributed by atoms with van der Waals surface area (Å²) in [7, 11) is 0. The fraction of sp³-hybridized carbons (Fsp3) is 0.588. The second kappa shape index (κ2) is 6.94. The Kier molecular flexibility index (Phi) is 5.23. The van der Waals surface area contributed by atoms with Gasteiger partial charge in [-0.3, -0.25) is 4.79 Å². The summed E-state index contributed by atoms with van der Waals surface area (Å²) in [4.78, 5) is 14.5. The lowest BCUT2D eigenvalue weighted by Gasteiger charge is -2.28. The third-order valence-electron chi connectivity index (χ3n) is 3.73. The molecule has 0 spiro atoms. The van der Waals surface area contributed by atoms with Gasteiger partial charge < -0.3 is 15.0 Å². The third-order valence-corrected chi connectivity index (χ3v) is 3.73. The second-order valence-electron chi connectivity index (χ2n) is 6.18. The second-order valence-corrected chi connectivity index (χ2v) is 6.18. The normalized spacial score (nSPS) is 15.4. The molecule has 1 N–H and O–H groups in total. The number of piperazine rings is 1. The molecule has 0 unspecified atom stereocenters. The van der Waals surface area contributed by atoms with E-state index >= 15 is 0 Å². The standard InChI is InChI=1S/C17H26N2O2/c1-12(2)11-21-16-10-13(3)15(9-14(16)4)17(20)19-7-5-18-6-8-19/h9-10,12,18H,5-8,11H2,1-4H3. The zero-order chi connectivity index (χ0) is 15.4. The van der Waals surface area contributed by atoms with Gasteiger partial charge in [-0.05, 0) is 43.0 Å². The van der Waals surface area contributed by atoms with Crippen molar-refractivity contribution in [3.8, 4) is 5.75 Å². The molecule has 21 heavy (non-hydrogen) atoms. The van der Waals surface area contributed by atoms with E-state index in [0.717, 1.165) is 48.6 Å². The number of aryl methyl sites for hydroxylation is 2. The molecule has 1 saturated heterocycles. The first-order valence-electron chi connectivity index (χ1n) is 7.73. The molecule has 4 heteroatoms. The minimum absolute atomic E-state index is 0.132. The average Bonchev–Trinajstić information content (AvgIpc) is 2.47. The largest absolute Gasteiger partial charge is 0.493 e. The average molecular weight is 290 g/mol. The Morgan fingerprint density at radius 2 is 1.90 bits per heavy atom. The van der Waals surface area contributed by atoms with Gasteiger partial charge in [-0.2, -0.15) is 0 Å². The van der Waals surface area contributed by atoms with Crippen LogP contribution >= 0.6 is 0 Å². The lowest BCUT2D eigenvalue weighted by Crippen LogP contribution is -2.46. The lowest BCUT2D eigenvalue weighted by atomic mass is 10.0. The van der Waals surface area contributed by atoms with Crippen molar-refractivity contribution in [3.05, 3.63) is 28.8 Å². The van der Waals surface area contributed by atoms with Crippen molar-refractivity contribution in [2.75, 3.05) is 32.8 Å². The van der Waals surface area contributed by atoms with Crippen LogP contribution in [0.4, 0.5) is 0 Å². The van der Waals surface area contributed by atoms with E-state index in [2.05, 4.69) is 19.2 Å². The van der Waals surface area contributed by atoms with Crippen LogP contribution in [0.2, 0.25) is 0 Å². The highest BCUT2D eigenvalue weighted by Gasteiger charge is 2.20. The number of carbonyl (C=O) groups excluding carboxylic acids is 1. The molecule has 1 aliphatic heterocycles. The minimum atomic E-state index is 0.132. The van der Waals surface area contributed by atoms with Gasteiger partial charge in [-0.25, -0.2) is 0 Å². The number of amides is 1. The van der Waals surface area contributed by atoms with Gasteiger partial charge in [0, 0.05) is 31.7 Å². The number of hydrogen-bond donors (Lipinski definition) is 1. The number of carbonyl (C=O) groups is 1. The van der Waals surface area contributed by atoms with E-state index in [1.165, 1.54) is 0 Å². The molecule has 1 fully saturated rings. The molecule has 1 amide bonds. The maximum atomic E-state index is 12.6. The van der Waals surface area contributed by atoms with Crippen molar-refractivity contribution in [2.24, 2.45) is 5.92 Å². The van der Waals surface area contributed by atoms with Crippen molar-refractivity contribution in [1.29, 1.82) is 0 Å². The predicted molar refractivity (Wildman–Crippen MR) is 85.0 cm³/mol. The SMILES string of the molecule is Cc1cc(C(=O)N2CCNCC2)c(C)cc1OCC(C)C. The summed E-state index contributed by atoms with van der Waals surface area (Å²) in [6.45, 7) is 12.3. The highest BCUT2D eigenvalue weighted by Crippen LogP contribution is 2.24. The Hall–Kier alpha value is -1.55. The fourth-order valence-electron chi connectivity index (χ4n) is 2.47. The Bertz CT molecular complexity index is 506. The van der Waals surface area contributed by atoms with Crippen molar-refractivity contribution in [1.82, 2.24) is 10.2 Å². The van der Waals surface area contributed by atoms with Gasteiger partial charge in [0.2, 0.25) is 0 Å². The molecule has 2 rings (SSSR count). The van der Waals surface area contributed by atoms with Crippen LogP contribution in [0.5, 0.6) is 5.75 Å². The zero-order valence-corrected chi connectivity index (χ0v) is 13.5. The van der Waals surface area contributed by atoms with Crippen LogP contribution in [-0.2, 0) is 0 Å². The van der Waals surface area contributed by atoms with Gasteiger partial charge in [-0.15, -0.1) is 0 Å². The third kappa shape index (κ3) is 3.97. The molecule has 0 saturated carbocycles. The number of nitrogens with zero attached hydrogens (tertiary/aromatic N) is 1. The topological polar surface area (TPSA) is 41.6 Å². The quantitative estimate of drug-likeness (QED) is 0.925. The molecule has 1 heterocycles. The van der Waals surface area contributed by atoms with Crippen LogP contribution in [-0.4, -0.2) is 43.6 Å². The van der Waals surface area contributed by atoms with E-state index in [9.17, 15) is 4.79 Å². The van der Waals surface area contributed by atoms with Crippen molar-refractivity contribution >= 4 is 5.91 Å². The van der Waals surface area contributed by atoms with E-state index in [-0.39, 0.29) is 5.91 Å². The number of hydrogen-bond acceptors (Lipinski definition) is 3. The highest BCUT2D eigenvalue weighted by molar-refractivity contribution is 5.96. The van der Waals surface area contributed by atoms with Gasteiger partial charge in [0.1, 0.15) is 5.75 Å². The fourth-order valence-corrected chi connectivity index (χ4v) is 2.47. The number of benzene rings is 1. The van der Waals surface area contributed by atoms with Crippen LogP contribution < -0.4 is 10.1 Å². The molecule has 4 nitrogen and oxygen atoms in total. The van der Waals surface area contributed by atoms with Crippen LogP contribution in [0.3, 0.4) is 0 Å².